The number of carbonyl (C=O) groups is 3. The molecule has 140 valence electrons. The third-order valence-corrected chi connectivity index (χ3v) is 4.47. The van der Waals surface area contributed by atoms with Gasteiger partial charge in [-0.1, -0.05) is 18.2 Å². The molecule has 1 aliphatic rings. The first kappa shape index (κ1) is 18.6. The number of hydrogen-bond donors (Lipinski definition) is 2. The fraction of sp³-hybridized carbons (Fsp3) is 0.250. The summed E-state index contributed by atoms with van der Waals surface area (Å²) in [5, 5.41) is 5.21. The van der Waals surface area contributed by atoms with Gasteiger partial charge >= 0.3 is 5.97 Å². The van der Waals surface area contributed by atoms with Crippen molar-refractivity contribution in [3.8, 4) is 0 Å². The minimum absolute atomic E-state index is 0.102. The van der Waals surface area contributed by atoms with Crippen molar-refractivity contribution in [2.24, 2.45) is 5.92 Å². The van der Waals surface area contributed by atoms with Gasteiger partial charge in [0.2, 0.25) is 5.91 Å². The molecule has 7 heteroatoms. The standard InChI is InChI=1S/C20H19FN2O4/c1-27-18(24)11-22-19(25)12-6-8-13(9-7-12)23-20(26)16-10-15(16)14-4-2-3-5-17(14)21/h2-9,15-16H,10-11H2,1H3,(H,22,25)(H,23,26). The van der Waals surface area contributed by atoms with Gasteiger partial charge in [-0.3, -0.25) is 14.4 Å². The van der Waals surface area contributed by atoms with Crippen LogP contribution in [0.4, 0.5) is 10.1 Å². The molecular formula is C20H19FN2O4. The lowest BCUT2D eigenvalue weighted by Crippen LogP contribution is -2.30. The molecule has 0 radical (unpaired) electrons. The summed E-state index contributed by atoms with van der Waals surface area (Å²) in [6.07, 6.45) is 0.612. The van der Waals surface area contributed by atoms with Crippen LogP contribution >= 0.6 is 0 Å². The zero-order valence-electron chi connectivity index (χ0n) is 14.7. The Hall–Kier alpha value is -3.22. The Morgan fingerprint density at radius 2 is 1.81 bits per heavy atom. The van der Waals surface area contributed by atoms with Crippen molar-refractivity contribution in [3.05, 3.63) is 65.5 Å². The lowest BCUT2D eigenvalue weighted by molar-refractivity contribution is -0.139. The number of anilines is 1. The largest absolute Gasteiger partial charge is 0.468 e. The summed E-state index contributed by atoms with van der Waals surface area (Å²) in [4.78, 5) is 35.3. The Morgan fingerprint density at radius 3 is 2.48 bits per heavy atom. The lowest BCUT2D eigenvalue weighted by Gasteiger charge is -2.07. The molecule has 0 heterocycles. The molecule has 2 N–H and O–H groups in total. The van der Waals surface area contributed by atoms with E-state index < -0.39 is 11.9 Å². The van der Waals surface area contributed by atoms with E-state index in [1.807, 2.05) is 0 Å². The molecule has 1 aliphatic carbocycles. The molecule has 2 aromatic carbocycles. The fourth-order valence-electron chi connectivity index (χ4n) is 2.87. The first-order chi connectivity index (χ1) is 13.0. The molecule has 2 aromatic rings. The predicted molar refractivity (Wildman–Crippen MR) is 96.7 cm³/mol. The van der Waals surface area contributed by atoms with E-state index >= 15 is 0 Å². The normalized spacial score (nSPS) is 17.7. The first-order valence-corrected chi connectivity index (χ1v) is 8.50. The number of ether oxygens (including phenoxy) is 1. The number of amides is 2. The summed E-state index contributed by atoms with van der Waals surface area (Å²) in [7, 11) is 1.24. The highest BCUT2D eigenvalue weighted by molar-refractivity contribution is 5.98. The number of benzene rings is 2. The molecule has 6 nitrogen and oxygen atoms in total. The van der Waals surface area contributed by atoms with E-state index in [0.29, 0.717) is 23.2 Å². The summed E-state index contributed by atoms with van der Waals surface area (Å²) in [6, 6.07) is 12.8. The average molecular weight is 370 g/mol. The van der Waals surface area contributed by atoms with E-state index in [9.17, 15) is 18.8 Å². The maximum atomic E-state index is 13.8. The van der Waals surface area contributed by atoms with Crippen LogP contribution in [0.25, 0.3) is 0 Å². The van der Waals surface area contributed by atoms with Gasteiger partial charge in [0, 0.05) is 17.2 Å². The molecule has 0 aliphatic heterocycles. The van der Waals surface area contributed by atoms with Gasteiger partial charge in [-0.25, -0.2) is 4.39 Å². The summed E-state index contributed by atoms with van der Waals surface area (Å²) in [6.45, 7) is -0.215. The van der Waals surface area contributed by atoms with E-state index in [0.717, 1.165) is 0 Å². The Labute approximate surface area is 155 Å². The maximum absolute atomic E-state index is 13.8. The number of halogens is 1. The van der Waals surface area contributed by atoms with E-state index in [1.54, 1.807) is 42.5 Å². The second-order valence-electron chi connectivity index (χ2n) is 6.30. The van der Waals surface area contributed by atoms with Crippen molar-refractivity contribution < 1.29 is 23.5 Å². The topological polar surface area (TPSA) is 84.5 Å². The number of carbonyl (C=O) groups excluding carboxylic acids is 3. The van der Waals surface area contributed by atoms with E-state index in [2.05, 4.69) is 15.4 Å². The summed E-state index contributed by atoms with van der Waals surface area (Å²) < 4.78 is 18.3. The SMILES string of the molecule is COC(=O)CNC(=O)c1ccc(NC(=O)C2CC2c2ccccc2F)cc1. The van der Waals surface area contributed by atoms with E-state index in [1.165, 1.54) is 13.2 Å². The molecule has 27 heavy (non-hydrogen) atoms. The molecule has 0 saturated heterocycles. The van der Waals surface area contributed by atoms with E-state index in [4.69, 9.17) is 0 Å². The second kappa shape index (κ2) is 7.99. The lowest BCUT2D eigenvalue weighted by atomic mass is 10.1. The summed E-state index contributed by atoms with van der Waals surface area (Å²) in [5.74, 6) is -1.79. The Bertz CT molecular complexity index is 867. The Morgan fingerprint density at radius 1 is 1.11 bits per heavy atom. The molecule has 1 saturated carbocycles. The van der Waals surface area contributed by atoms with Crippen LogP contribution in [0.5, 0.6) is 0 Å². The van der Waals surface area contributed by atoms with Crippen molar-refractivity contribution in [2.75, 3.05) is 19.0 Å². The molecule has 2 amide bonds. The van der Waals surface area contributed by atoms with Crippen LogP contribution in [0, 0.1) is 11.7 Å². The summed E-state index contributed by atoms with van der Waals surface area (Å²) >= 11 is 0. The number of nitrogens with one attached hydrogen (secondary N) is 2. The minimum atomic E-state index is -0.541. The molecular weight excluding hydrogens is 351 g/mol. The number of hydrogen-bond acceptors (Lipinski definition) is 4. The van der Waals surface area contributed by atoms with Gasteiger partial charge in [-0.05, 0) is 48.2 Å². The van der Waals surface area contributed by atoms with Crippen molar-refractivity contribution >= 4 is 23.5 Å². The average Bonchev–Trinajstić information content (AvgIpc) is 3.47. The van der Waals surface area contributed by atoms with Crippen molar-refractivity contribution in [1.82, 2.24) is 5.32 Å². The third kappa shape index (κ3) is 4.49. The number of methoxy groups -OCH3 is 1. The molecule has 1 fully saturated rings. The fourth-order valence-corrected chi connectivity index (χ4v) is 2.87. The van der Waals surface area contributed by atoms with Crippen LogP contribution in [-0.2, 0) is 14.3 Å². The van der Waals surface area contributed by atoms with Gasteiger partial charge in [0.25, 0.3) is 5.91 Å². The van der Waals surface area contributed by atoms with Crippen LogP contribution < -0.4 is 10.6 Å². The Balaban J connectivity index is 1.54. The highest BCUT2D eigenvalue weighted by Gasteiger charge is 2.45. The summed E-state index contributed by atoms with van der Waals surface area (Å²) in [5.41, 5.74) is 1.46. The molecule has 0 bridgehead atoms. The predicted octanol–water partition coefficient (Wildman–Crippen LogP) is 2.47. The first-order valence-electron chi connectivity index (χ1n) is 8.50. The molecule has 2 atom stereocenters. The third-order valence-electron chi connectivity index (χ3n) is 4.47. The molecule has 0 spiro atoms. The number of rotatable bonds is 6. The highest BCUT2D eigenvalue weighted by Crippen LogP contribution is 2.48. The van der Waals surface area contributed by atoms with Crippen LogP contribution in [0.1, 0.15) is 28.3 Å². The minimum Gasteiger partial charge on any atom is -0.468 e. The molecule has 2 unspecified atom stereocenters. The molecule has 0 aromatic heterocycles. The van der Waals surface area contributed by atoms with Crippen LogP contribution in [-0.4, -0.2) is 31.4 Å². The maximum Gasteiger partial charge on any atom is 0.325 e. The van der Waals surface area contributed by atoms with Crippen LogP contribution in [0.15, 0.2) is 48.5 Å². The quantitative estimate of drug-likeness (QED) is 0.765. The van der Waals surface area contributed by atoms with Crippen LogP contribution in [0.2, 0.25) is 0 Å². The van der Waals surface area contributed by atoms with Gasteiger partial charge in [0.05, 0.1) is 7.11 Å². The monoisotopic (exact) mass is 370 g/mol. The van der Waals surface area contributed by atoms with Gasteiger partial charge in [0.1, 0.15) is 12.4 Å². The second-order valence-corrected chi connectivity index (χ2v) is 6.30. The number of esters is 1. The Kier molecular flexibility index (Phi) is 5.49. The van der Waals surface area contributed by atoms with Crippen LogP contribution in [0.3, 0.4) is 0 Å². The van der Waals surface area contributed by atoms with Gasteiger partial charge in [-0.2, -0.15) is 0 Å². The van der Waals surface area contributed by atoms with Gasteiger partial charge < -0.3 is 15.4 Å². The smallest absolute Gasteiger partial charge is 0.325 e. The zero-order valence-corrected chi connectivity index (χ0v) is 14.7. The van der Waals surface area contributed by atoms with Crippen molar-refractivity contribution in [2.45, 2.75) is 12.3 Å². The van der Waals surface area contributed by atoms with Crippen molar-refractivity contribution in [1.29, 1.82) is 0 Å². The van der Waals surface area contributed by atoms with Gasteiger partial charge in [0.15, 0.2) is 0 Å². The van der Waals surface area contributed by atoms with E-state index in [-0.39, 0.29) is 30.1 Å². The van der Waals surface area contributed by atoms with Crippen molar-refractivity contribution in [3.63, 3.8) is 0 Å². The zero-order chi connectivity index (χ0) is 19.4. The van der Waals surface area contributed by atoms with Gasteiger partial charge in [-0.15, -0.1) is 0 Å². The molecule has 3 rings (SSSR count). The highest BCUT2D eigenvalue weighted by atomic mass is 19.1.